The first-order valence-corrected chi connectivity index (χ1v) is 13.3. The number of hydrogen-bond acceptors (Lipinski definition) is 2. The summed E-state index contributed by atoms with van der Waals surface area (Å²) in [5.74, 6) is 5.77. The van der Waals surface area contributed by atoms with Gasteiger partial charge in [0.25, 0.3) is 0 Å². The molecule has 7 aliphatic carbocycles. The molecule has 0 radical (unpaired) electrons. The Hall–Kier alpha value is -1.31. The number of phenols is 1. The molecule has 0 spiro atoms. The van der Waals surface area contributed by atoms with E-state index in [-0.39, 0.29) is 0 Å². The summed E-state index contributed by atoms with van der Waals surface area (Å²) >= 11 is 0. The number of hydrogen-bond donors (Lipinski definition) is 1. The average Bonchev–Trinajstić information content (AvgIpc) is 3.08. The highest BCUT2D eigenvalue weighted by molar-refractivity contribution is 5.92. The molecule has 4 bridgehead atoms. The highest BCUT2D eigenvalue weighted by Gasteiger charge is 2.55. The average molecular weight is 418 g/mol. The molecule has 31 heavy (non-hydrogen) atoms. The van der Waals surface area contributed by atoms with Gasteiger partial charge in [-0.15, -0.1) is 0 Å². The lowest BCUT2D eigenvalue weighted by Gasteiger charge is -2.57. The van der Waals surface area contributed by atoms with E-state index in [0.29, 0.717) is 22.5 Å². The van der Waals surface area contributed by atoms with Gasteiger partial charge in [0.1, 0.15) is 5.75 Å². The van der Waals surface area contributed by atoms with Gasteiger partial charge in [-0.05, 0) is 135 Å². The second-order valence-electron chi connectivity index (χ2n) is 12.8. The van der Waals surface area contributed by atoms with Gasteiger partial charge in [-0.1, -0.05) is 13.0 Å². The summed E-state index contributed by atoms with van der Waals surface area (Å²) in [5, 5.41) is 11.3. The summed E-state index contributed by atoms with van der Waals surface area (Å²) in [4.78, 5) is 4.74. The van der Waals surface area contributed by atoms with E-state index < -0.39 is 0 Å². The zero-order chi connectivity index (χ0) is 21.0. The molecule has 0 heterocycles. The first kappa shape index (κ1) is 19.2. The van der Waals surface area contributed by atoms with Gasteiger partial charge in [-0.2, -0.15) is 0 Å². The van der Waals surface area contributed by atoms with E-state index in [4.69, 9.17) is 4.99 Å². The summed E-state index contributed by atoms with van der Waals surface area (Å²) in [6, 6.07) is 4.79. The Kier molecular flexibility index (Phi) is 3.95. The molecule has 8 rings (SSSR count). The van der Waals surface area contributed by atoms with E-state index in [1.54, 1.807) is 5.56 Å². The molecule has 6 saturated carbocycles. The molecule has 0 saturated heterocycles. The predicted molar refractivity (Wildman–Crippen MR) is 126 cm³/mol. The van der Waals surface area contributed by atoms with Crippen molar-refractivity contribution in [3.05, 3.63) is 28.8 Å². The molecule has 2 nitrogen and oxygen atoms in total. The molecular formula is C29H39NO. The van der Waals surface area contributed by atoms with Crippen LogP contribution in [-0.2, 0) is 11.8 Å². The molecular weight excluding hydrogens is 378 g/mol. The van der Waals surface area contributed by atoms with Gasteiger partial charge in [0.05, 0.1) is 0 Å². The van der Waals surface area contributed by atoms with Crippen LogP contribution < -0.4 is 0 Å². The quantitative estimate of drug-likeness (QED) is 0.536. The summed E-state index contributed by atoms with van der Waals surface area (Å²) in [6.45, 7) is 2.52. The molecule has 6 fully saturated rings. The molecule has 0 amide bonds. The minimum Gasteiger partial charge on any atom is -0.508 e. The van der Waals surface area contributed by atoms with E-state index in [1.165, 1.54) is 87.5 Å². The standard InChI is InChI=1S/C29H39NO/c1-28-8-7-21-22(24(28)5-6-27(28)30-2)4-3-20-12-26(31)25(13-23(20)21)29-14-17-9-18(15-29)11-19(10-17)16-29/h12-13,17-19,21-22,24,31H,3-11,14-16H2,1-2H3/b30-27+. The number of nitrogens with zero attached hydrogens (tertiary/aromatic N) is 1. The number of aryl methyl sites for hydroxylation is 1. The third-order valence-corrected chi connectivity index (χ3v) is 11.5. The lowest BCUT2D eigenvalue weighted by molar-refractivity contribution is -0.00627. The Balaban J connectivity index is 1.28. The fourth-order valence-corrected chi connectivity index (χ4v) is 10.6. The number of aliphatic imine (C=N–C) groups is 1. The molecule has 2 heteroatoms. The van der Waals surface area contributed by atoms with Crippen LogP contribution in [-0.4, -0.2) is 17.9 Å². The van der Waals surface area contributed by atoms with E-state index in [0.717, 1.165) is 36.0 Å². The molecule has 4 unspecified atom stereocenters. The second kappa shape index (κ2) is 6.39. The highest BCUT2D eigenvalue weighted by Crippen LogP contribution is 2.64. The third kappa shape index (κ3) is 2.54. The van der Waals surface area contributed by atoms with Crippen molar-refractivity contribution in [2.45, 2.75) is 95.3 Å². The Labute approximate surface area is 187 Å². The van der Waals surface area contributed by atoms with Crippen LogP contribution in [0, 0.1) is 35.0 Å². The maximum Gasteiger partial charge on any atom is 0.119 e. The van der Waals surface area contributed by atoms with Crippen LogP contribution >= 0.6 is 0 Å². The van der Waals surface area contributed by atoms with Crippen LogP contribution in [0.2, 0.25) is 0 Å². The minimum absolute atomic E-state index is 0.291. The summed E-state index contributed by atoms with van der Waals surface area (Å²) < 4.78 is 0. The molecule has 1 aromatic rings. The lowest BCUT2D eigenvalue weighted by Crippen LogP contribution is -2.48. The van der Waals surface area contributed by atoms with E-state index >= 15 is 0 Å². The minimum atomic E-state index is 0.291. The Morgan fingerprint density at radius 1 is 0.935 bits per heavy atom. The largest absolute Gasteiger partial charge is 0.508 e. The summed E-state index contributed by atoms with van der Waals surface area (Å²) in [5.41, 5.74) is 6.62. The Morgan fingerprint density at radius 2 is 1.65 bits per heavy atom. The van der Waals surface area contributed by atoms with Crippen molar-refractivity contribution in [2.75, 3.05) is 7.05 Å². The fourth-order valence-electron chi connectivity index (χ4n) is 10.6. The summed E-state index contributed by atoms with van der Waals surface area (Å²) in [7, 11) is 2.02. The zero-order valence-corrected chi connectivity index (χ0v) is 19.5. The van der Waals surface area contributed by atoms with Gasteiger partial charge in [-0.25, -0.2) is 0 Å². The first-order chi connectivity index (χ1) is 15.0. The van der Waals surface area contributed by atoms with Crippen molar-refractivity contribution in [1.82, 2.24) is 0 Å². The van der Waals surface area contributed by atoms with Crippen LogP contribution in [0.3, 0.4) is 0 Å². The smallest absolute Gasteiger partial charge is 0.119 e. The van der Waals surface area contributed by atoms with Gasteiger partial charge in [-0.3, -0.25) is 4.99 Å². The van der Waals surface area contributed by atoms with Gasteiger partial charge in [0, 0.05) is 23.7 Å². The normalized spacial score (nSPS) is 48.5. The SMILES string of the molecule is C/N=C1\CCC2C3CCc4cc(O)c(C56CC7CC(CC(C7)C5)C6)cc4C3CCC12C. The topological polar surface area (TPSA) is 32.6 Å². The van der Waals surface area contributed by atoms with Gasteiger partial charge < -0.3 is 5.11 Å². The molecule has 0 aromatic heterocycles. The van der Waals surface area contributed by atoms with Crippen LogP contribution in [0.4, 0.5) is 0 Å². The first-order valence-electron chi connectivity index (χ1n) is 13.3. The number of rotatable bonds is 1. The van der Waals surface area contributed by atoms with Crippen molar-refractivity contribution in [3.8, 4) is 5.75 Å². The lowest BCUT2D eigenvalue weighted by atomic mass is 9.47. The van der Waals surface area contributed by atoms with Crippen molar-refractivity contribution in [1.29, 1.82) is 0 Å². The summed E-state index contributed by atoms with van der Waals surface area (Å²) in [6.07, 6.45) is 16.1. The van der Waals surface area contributed by atoms with Crippen LogP contribution in [0.5, 0.6) is 5.75 Å². The van der Waals surface area contributed by atoms with Crippen LogP contribution in [0.25, 0.3) is 0 Å². The van der Waals surface area contributed by atoms with Crippen molar-refractivity contribution >= 4 is 5.71 Å². The number of phenolic OH excluding ortho intramolecular Hbond substituents is 1. The maximum atomic E-state index is 11.3. The maximum absolute atomic E-state index is 11.3. The van der Waals surface area contributed by atoms with Gasteiger partial charge in [0.2, 0.25) is 0 Å². The van der Waals surface area contributed by atoms with Gasteiger partial charge in [0.15, 0.2) is 0 Å². The number of aromatic hydroxyl groups is 1. The predicted octanol–water partition coefficient (Wildman–Crippen LogP) is 6.79. The molecule has 166 valence electrons. The van der Waals surface area contributed by atoms with Crippen LogP contribution in [0.1, 0.15) is 100 Å². The highest BCUT2D eigenvalue weighted by atomic mass is 16.3. The van der Waals surface area contributed by atoms with Gasteiger partial charge >= 0.3 is 0 Å². The molecule has 1 aromatic carbocycles. The number of benzene rings is 1. The van der Waals surface area contributed by atoms with E-state index in [1.807, 2.05) is 7.05 Å². The fraction of sp³-hybridized carbons (Fsp3) is 0.759. The monoisotopic (exact) mass is 417 g/mol. The van der Waals surface area contributed by atoms with Crippen molar-refractivity contribution < 1.29 is 5.11 Å². The van der Waals surface area contributed by atoms with Crippen molar-refractivity contribution in [3.63, 3.8) is 0 Å². The van der Waals surface area contributed by atoms with Crippen LogP contribution in [0.15, 0.2) is 17.1 Å². The molecule has 1 N–H and O–H groups in total. The second-order valence-corrected chi connectivity index (χ2v) is 12.8. The molecule has 7 aliphatic rings. The van der Waals surface area contributed by atoms with Crippen molar-refractivity contribution in [2.24, 2.45) is 40.0 Å². The molecule has 0 aliphatic heterocycles. The van der Waals surface area contributed by atoms with E-state index in [2.05, 4.69) is 19.1 Å². The Bertz CT molecular complexity index is 924. The number of fused-ring (bicyclic) bond motifs is 5. The van der Waals surface area contributed by atoms with E-state index in [9.17, 15) is 5.11 Å². The third-order valence-electron chi connectivity index (χ3n) is 11.5. The Morgan fingerprint density at radius 3 is 2.32 bits per heavy atom. The zero-order valence-electron chi connectivity index (χ0n) is 19.5. The molecule has 4 atom stereocenters.